The molecule has 1 heterocycles. The van der Waals surface area contributed by atoms with Crippen molar-refractivity contribution in [3.63, 3.8) is 0 Å². The summed E-state index contributed by atoms with van der Waals surface area (Å²) in [7, 11) is 0. The lowest BCUT2D eigenvalue weighted by Gasteiger charge is -2.36. The highest BCUT2D eigenvalue weighted by molar-refractivity contribution is 5.90. The first-order valence-corrected chi connectivity index (χ1v) is 7.03. The molecule has 2 aromatic carbocycles. The van der Waals surface area contributed by atoms with Gasteiger partial charge in [-0.05, 0) is 36.1 Å². The predicted octanol–water partition coefficient (Wildman–Crippen LogP) is 3.51. The molecule has 0 spiro atoms. The third-order valence-corrected chi connectivity index (χ3v) is 4.47. The molecule has 0 radical (unpaired) electrons. The molecule has 2 atom stereocenters. The first kappa shape index (κ1) is 11.0. The standard InChI is InChI=1S/C17H16O2/c18-15-6-3-7-16-14(15)10-13-12-5-2-1-4-11(12)8-9-17(13)19-16/h1-2,4-5,8-9,14,16H,3,6-7,10H2. The number of carbonyl (C=O) groups excluding carboxylic acids is 1. The average molecular weight is 252 g/mol. The topological polar surface area (TPSA) is 26.3 Å². The zero-order valence-corrected chi connectivity index (χ0v) is 10.8. The summed E-state index contributed by atoms with van der Waals surface area (Å²) in [4.78, 5) is 12.1. The van der Waals surface area contributed by atoms with Gasteiger partial charge in [0.15, 0.2) is 0 Å². The van der Waals surface area contributed by atoms with Gasteiger partial charge < -0.3 is 4.74 Å². The third kappa shape index (κ3) is 1.66. The Morgan fingerprint density at radius 3 is 2.95 bits per heavy atom. The average Bonchev–Trinajstić information content (AvgIpc) is 2.46. The molecule has 1 saturated carbocycles. The van der Waals surface area contributed by atoms with Gasteiger partial charge in [0.2, 0.25) is 0 Å². The van der Waals surface area contributed by atoms with Crippen molar-refractivity contribution in [2.45, 2.75) is 31.8 Å². The van der Waals surface area contributed by atoms with E-state index in [1.807, 2.05) is 6.07 Å². The number of rotatable bonds is 0. The SMILES string of the molecule is O=C1CCCC2Oc3ccc4ccccc4c3CC12. The zero-order chi connectivity index (χ0) is 12.8. The molecule has 19 heavy (non-hydrogen) atoms. The molecular weight excluding hydrogens is 236 g/mol. The van der Waals surface area contributed by atoms with Gasteiger partial charge in [0, 0.05) is 12.0 Å². The molecule has 0 N–H and O–H groups in total. The molecule has 1 aliphatic carbocycles. The smallest absolute Gasteiger partial charge is 0.140 e. The Labute approximate surface area is 112 Å². The lowest BCUT2D eigenvalue weighted by Crippen LogP contribution is -2.41. The van der Waals surface area contributed by atoms with E-state index in [2.05, 4.69) is 30.3 Å². The summed E-state index contributed by atoms with van der Waals surface area (Å²) in [6.07, 6.45) is 3.67. The van der Waals surface area contributed by atoms with E-state index in [0.29, 0.717) is 5.78 Å². The van der Waals surface area contributed by atoms with Crippen LogP contribution in [0.15, 0.2) is 36.4 Å². The minimum Gasteiger partial charge on any atom is -0.489 e. The van der Waals surface area contributed by atoms with E-state index in [1.54, 1.807) is 0 Å². The molecule has 2 aromatic rings. The fraction of sp³-hybridized carbons (Fsp3) is 0.353. The number of benzene rings is 2. The highest BCUT2D eigenvalue weighted by Crippen LogP contribution is 2.39. The van der Waals surface area contributed by atoms with Crippen molar-refractivity contribution in [1.82, 2.24) is 0 Å². The number of carbonyl (C=O) groups is 1. The van der Waals surface area contributed by atoms with Gasteiger partial charge in [-0.2, -0.15) is 0 Å². The minimum absolute atomic E-state index is 0.0760. The van der Waals surface area contributed by atoms with E-state index in [0.717, 1.165) is 31.4 Å². The monoisotopic (exact) mass is 252 g/mol. The lowest BCUT2D eigenvalue weighted by molar-refractivity contribution is -0.129. The van der Waals surface area contributed by atoms with Crippen LogP contribution < -0.4 is 4.74 Å². The molecule has 2 unspecified atom stereocenters. The molecule has 0 aromatic heterocycles. The van der Waals surface area contributed by atoms with Crippen molar-refractivity contribution in [3.05, 3.63) is 42.0 Å². The Morgan fingerprint density at radius 2 is 2.00 bits per heavy atom. The normalized spacial score (nSPS) is 25.6. The van der Waals surface area contributed by atoms with Crippen LogP contribution in [0.1, 0.15) is 24.8 Å². The molecule has 2 nitrogen and oxygen atoms in total. The van der Waals surface area contributed by atoms with Crippen LogP contribution in [0.3, 0.4) is 0 Å². The Hall–Kier alpha value is -1.83. The first-order valence-electron chi connectivity index (χ1n) is 7.03. The van der Waals surface area contributed by atoms with Crippen LogP contribution in [0, 0.1) is 5.92 Å². The summed E-state index contributed by atoms with van der Waals surface area (Å²) >= 11 is 0. The summed E-state index contributed by atoms with van der Waals surface area (Å²) in [5.74, 6) is 1.44. The van der Waals surface area contributed by atoms with Crippen molar-refractivity contribution < 1.29 is 9.53 Å². The van der Waals surface area contributed by atoms with E-state index in [4.69, 9.17) is 4.74 Å². The highest BCUT2D eigenvalue weighted by atomic mass is 16.5. The zero-order valence-electron chi connectivity index (χ0n) is 10.8. The van der Waals surface area contributed by atoms with E-state index in [-0.39, 0.29) is 12.0 Å². The second kappa shape index (κ2) is 4.09. The quantitative estimate of drug-likeness (QED) is 0.717. The van der Waals surface area contributed by atoms with Gasteiger partial charge in [0.05, 0.1) is 5.92 Å². The van der Waals surface area contributed by atoms with Gasteiger partial charge in [-0.15, -0.1) is 0 Å². The number of ether oxygens (including phenoxy) is 1. The maximum absolute atomic E-state index is 12.1. The van der Waals surface area contributed by atoms with Crippen molar-refractivity contribution >= 4 is 16.6 Å². The van der Waals surface area contributed by atoms with Crippen LogP contribution in [0.4, 0.5) is 0 Å². The number of Topliss-reactive ketones (excluding diaryl/α,β-unsaturated/α-hetero) is 1. The summed E-state index contributed by atoms with van der Waals surface area (Å²) in [5.41, 5.74) is 1.22. The Morgan fingerprint density at radius 1 is 1.11 bits per heavy atom. The van der Waals surface area contributed by atoms with Crippen LogP contribution >= 0.6 is 0 Å². The van der Waals surface area contributed by atoms with E-state index >= 15 is 0 Å². The Bertz CT molecular complexity index is 659. The molecule has 4 rings (SSSR count). The largest absolute Gasteiger partial charge is 0.489 e. The minimum atomic E-state index is 0.0760. The lowest BCUT2D eigenvalue weighted by atomic mass is 9.78. The molecule has 1 fully saturated rings. The summed E-state index contributed by atoms with van der Waals surface area (Å²) < 4.78 is 6.09. The Kier molecular flexibility index (Phi) is 2.37. The molecule has 1 aliphatic heterocycles. The predicted molar refractivity (Wildman–Crippen MR) is 74.4 cm³/mol. The van der Waals surface area contributed by atoms with Crippen molar-refractivity contribution in [3.8, 4) is 5.75 Å². The third-order valence-electron chi connectivity index (χ3n) is 4.47. The van der Waals surface area contributed by atoms with Crippen LogP contribution in [0.5, 0.6) is 5.75 Å². The van der Waals surface area contributed by atoms with E-state index < -0.39 is 0 Å². The van der Waals surface area contributed by atoms with E-state index in [9.17, 15) is 4.79 Å². The van der Waals surface area contributed by atoms with Crippen molar-refractivity contribution in [2.24, 2.45) is 5.92 Å². The maximum Gasteiger partial charge on any atom is 0.140 e. The molecule has 0 bridgehead atoms. The Balaban J connectivity index is 1.86. The summed E-state index contributed by atoms with van der Waals surface area (Å²) in [6.45, 7) is 0. The van der Waals surface area contributed by atoms with Gasteiger partial charge in [-0.1, -0.05) is 30.3 Å². The van der Waals surface area contributed by atoms with Crippen molar-refractivity contribution in [1.29, 1.82) is 0 Å². The van der Waals surface area contributed by atoms with Crippen LogP contribution in [-0.2, 0) is 11.2 Å². The number of ketones is 1. The molecular formula is C17H16O2. The second-order valence-corrected chi connectivity index (χ2v) is 5.59. The number of hydrogen-bond donors (Lipinski definition) is 0. The van der Waals surface area contributed by atoms with Crippen LogP contribution in [-0.4, -0.2) is 11.9 Å². The van der Waals surface area contributed by atoms with Gasteiger partial charge in [-0.3, -0.25) is 4.79 Å². The fourth-order valence-electron chi connectivity index (χ4n) is 3.48. The molecule has 0 saturated heterocycles. The number of fused-ring (bicyclic) bond motifs is 4. The number of hydrogen-bond acceptors (Lipinski definition) is 2. The van der Waals surface area contributed by atoms with Crippen LogP contribution in [0.25, 0.3) is 10.8 Å². The van der Waals surface area contributed by atoms with Gasteiger partial charge in [0.1, 0.15) is 17.6 Å². The summed E-state index contributed by atoms with van der Waals surface area (Å²) in [5, 5.41) is 2.46. The van der Waals surface area contributed by atoms with Gasteiger partial charge in [-0.25, -0.2) is 0 Å². The molecule has 96 valence electrons. The van der Waals surface area contributed by atoms with E-state index in [1.165, 1.54) is 16.3 Å². The van der Waals surface area contributed by atoms with Crippen LogP contribution in [0.2, 0.25) is 0 Å². The fourth-order valence-corrected chi connectivity index (χ4v) is 3.48. The summed E-state index contributed by atoms with van der Waals surface area (Å²) in [6, 6.07) is 12.5. The van der Waals surface area contributed by atoms with Gasteiger partial charge in [0.25, 0.3) is 0 Å². The molecule has 2 heteroatoms. The second-order valence-electron chi connectivity index (χ2n) is 5.59. The first-order chi connectivity index (χ1) is 9.33. The molecule has 2 aliphatic rings. The molecule has 0 amide bonds. The van der Waals surface area contributed by atoms with Gasteiger partial charge >= 0.3 is 0 Å². The van der Waals surface area contributed by atoms with Crippen molar-refractivity contribution in [2.75, 3.05) is 0 Å². The maximum atomic E-state index is 12.1. The highest BCUT2D eigenvalue weighted by Gasteiger charge is 2.37.